The molecule has 0 aromatic rings. The summed E-state index contributed by atoms with van der Waals surface area (Å²) in [5.74, 6) is 0. The fourth-order valence-corrected chi connectivity index (χ4v) is 0.516. The average Bonchev–Trinajstić information content (AvgIpc) is 1.93. The van der Waals surface area contributed by atoms with Crippen LogP contribution in [0.25, 0.3) is 0 Å². The first-order valence-corrected chi connectivity index (χ1v) is 15.4. The summed E-state index contributed by atoms with van der Waals surface area (Å²) < 4.78 is 5.01. The summed E-state index contributed by atoms with van der Waals surface area (Å²) in [5, 5.41) is 3.16. The van der Waals surface area contributed by atoms with Crippen LogP contribution in [0.4, 0.5) is 0 Å². The van der Waals surface area contributed by atoms with Crippen molar-refractivity contribution in [2.45, 2.75) is 0 Å². The SMILES string of the molecule is C1COCCN1.[I][Pt][I]. The van der Waals surface area contributed by atoms with E-state index in [1.54, 1.807) is 0 Å². The van der Waals surface area contributed by atoms with Gasteiger partial charge in [0.05, 0.1) is 13.2 Å². The fourth-order valence-electron chi connectivity index (χ4n) is 0.516. The molecule has 0 aliphatic carbocycles. The third kappa shape index (κ3) is 10.1. The van der Waals surface area contributed by atoms with Crippen LogP contribution in [0.15, 0.2) is 0 Å². The van der Waals surface area contributed by atoms with Crippen LogP contribution in [0.5, 0.6) is 0 Å². The predicted molar refractivity (Wildman–Crippen MR) is 51.7 cm³/mol. The van der Waals surface area contributed by atoms with Gasteiger partial charge in [0.25, 0.3) is 0 Å². The van der Waals surface area contributed by atoms with Crippen LogP contribution >= 0.6 is 38.7 Å². The number of halogens is 2. The van der Waals surface area contributed by atoms with Crippen LogP contribution in [0.1, 0.15) is 0 Å². The summed E-state index contributed by atoms with van der Waals surface area (Å²) in [6.45, 7) is 3.83. The molecule has 0 bridgehead atoms. The van der Waals surface area contributed by atoms with Gasteiger partial charge in [-0.3, -0.25) is 0 Å². The standard InChI is InChI=1S/C4H9NO.2HI.Pt/c1-3-6-4-2-5-1;;;/h5H,1-4H2;2*1H;/q;;;+2/p-2. The predicted octanol–water partition coefficient (Wildman–Crippen LogP) is 1.38. The quantitative estimate of drug-likeness (QED) is 0.473. The van der Waals surface area contributed by atoms with Gasteiger partial charge in [0.2, 0.25) is 0 Å². The molecule has 1 aliphatic heterocycles. The Labute approximate surface area is 85.1 Å². The van der Waals surface area contributed by atoms with Crippen LogP contribution < -0.4 is 5.32 Å². The van der Waals surface area contributed by atoms with Crippen molar-refractivity contribution in [2.75, 3.05) is 26.3 Å². The van der Waals surface area contributed by atoms with Crippen molar-refractivity contribution in [3.05, 3.63) is 0 Å². The number of hydrogen-bond acceptors (Lipinski definition) is 2. The maximum absolute atomic E-state index is 5.01. The maximum atomic E-state index is 5.01. The van der Waals surface area contributed by atoms with E-state index in [4.69, 9.17) is 4.74 Å². The minimum absolute atomic E-state index is 0.523. The summed E-state index contributed by atoms with van der Waals surface area (Å²) >= 11 is 5.30. The molecule has 1 rings (SSSR count). The van der Waals surface area contributed by atoms with Crippen LogP contribution in [-0.4, -0.2) is 26.3 Å². The number of nitrogens with one attached hydrogen (secondary N) is 1. The first-order chi connectivity index (χ1) is 4.41. The molecule has 0 aromatic heterocycles. The Balaban J connectivity index is 0.000000187. The van der Waals surface area contributed by atoms with E-state index in [2.05, 4.69) is 44.0 Å². The van der Waals surface area contributed by atoms with Crippen molar-refractivity contribution in [1.29, 1.82) is 0 Å². The van der Waals surface area contributed by atoms with Crippen molar-refractivity contribution < 1.29 is 15.9 Å². The Hall–Kier alpha value is 2.07. The summed E-state index contributed by atoms with van der Waals surface area (Å²) in [6, 6.07) is 0. The van der Waals surface area contributed by atoms with E-state index in [-0.39, 0.29) is 0 Å². The molecule has 0 atom stereocenters. The second-order valence-corrected chi connectivity index (χ2v) is 18.0. The van der Waals surface area contributed by atoms with Gasteiger partial charge in [0.15, 0.2) is 0 Å². The Kier molecular flexibility index (Phi) is 12.4. The Morgan fingerprint density at radius 3 is 1.78 bits per heavy atom. The van der Waals surface area contributed by atoms with E-state index in [1.807, 2.05) is 0 Å². The molecule has 1 heterocycles. The second-order valence-electron chi connectivity index (χ2n) is 1.41. The molecule has 1 N–H and O–H groups in total. The number of morpholine rings is 1. The molecule has 0 spiro atoms. The van der Waals surface area contributed by atoms with Crippen LogP contribution in [-0.2, 0) is 15.9 Å². The van der Waals surface area contributed by atoms with Crippen LogP contribution in [0.3, 0.4) is 0 Å². The van der Waals surface area contributed by atoms with E-state index in [1.165, 1.54) is 0 Å². The molecule has 1 fully saturated rings. The molecule has 1 saturated heterocycles. The molecule has 60 valence electrons. The minimum atomic E-state index is 0.523. The monoisotopic (exact) mass is 536 g/mol. The van der Waals surface area contributed by atoms with Gasteiger partial charge in [0, 0.05) is 13.1 Å². The van der Waals surface area contributed by atoms with Gasteiger partial charge in [-0.1, -0.05) is 0 Å². The zero-order valence-electron chi connectivity index (χ0n) is 4.81. The molecule has 0 aromatic carbocycles. The molecular formula is C4H9I2NOPt. The topological polar surface area (TPSA) is 21.3 Å². The van der Waals surface area contributed by atoms with Crippen molar-refractivity contribution in [3.63, 3.8) is 0 Å². The van der Waals surface area contributed by atoms with Gasteiger partial charge in [-0.25, -0.2) is 0 Å². The van der Waals surface area contributed by atoms with E-state index < -0.39 is 0 Å². The zero-order valence-corrected chi connectivity index (χ0v) is 11.4. The molecule has 9 heavy (non-hydrogen) atoms. The van der Waals surface area contributed by atoms with Crippen molar-refractivity contribution >= 4 is 38.7 Å². The van der Waals surface area contributed by atoms with Crippen molar-refractivity contribution in [2.24, 2.45) is 0 Å². The molecule has 0 radical (unpaired) electrons. The Bertz CT molecular complexity index is 42.3. The van der Waals surface area contributed by atoms with Gasteiger partial charge in [0.1, 0.15) is 0 Å². The van der Waals surface area contributed by atoms with E-state index in [0.717, 1.165) is 26.3 Å². The summed E-state index contributed by atoms with van der Waals surface area (Å²) in [4.78, 5) is 0. The van der Waals surface area contributed by atoms with Crippen LogP contribution in [0, 0.1) is 0 Å². The fraction of sp³-hybridized carbons (Fsp3) is 1.00. The number of hydrogen-bond donors (Lipinski definition) is 1. The van der Waals surface area contributed by atoms with Gasteiger partial charge < -0.3 is 10.1 Å². The first-order valence-electron chi connectivity index (χ1n) is 2.52. The molecule has 0 saturated carbocycles. The average molecular weight is 536 g/mol. The van der Waals surface area contributed by atoms with E-state index in [9.17, 15) is 0 Å². The Morgan fingerprint density at radius 1 is 1.22 bits per heavy atom. The van der Waals surface area contributed by atoms with Gasteiger partial charge in [-0.05, 0) is 0 Å². The number of rotatable bonds is 0. The second kappa shape index (κ2) is 10.1. The molecule has 0 unspecified atom stereocenters. The van der Waals surface area contributed by atoms with Crippen molar-refractivity contribution in [3.8, 4) is 0 Å². The summed E-state index contributed by atoms with van der Waals surface area (Å²) in [6.07, 6.45) is 0. The molecule has 1 aliphatic rings. The van der Waals surface area contributed by atoms with Gasteiger partial charge >= 0.3 is 49.9 Å². The summed E-state index contributed by atoms with van der Waals surface area (Å²) in [5.41, 5.74) is 0. The zero-order chi connectivity index (χ0) is 6.95. The molecule has 5 heteroatoms. The van der Waals surface area contributed by atoms with Gasteiger partial charge in [-0.2, -0.15) is 0 Å². The Morgan fingerprint density at radius 2 is 1.67 bits per heavy atom. The van der Waals surface area contributed by atoms with Crippen LogP contribution in [0.2, 0.25) is 0 Å². The third-order valence-corrected chi connectivity index (χ3v) is 0.846. The third-order valence-electron chi connectivity index (χ3n) is 0.846. The molecular weight excluding hydrogens is 527 g/mol. The normalized spacial score (nSPS) is 18.4. The summed E-state index contributed by atoms with van der Waals surface area (Å²) in [7, 11) is 0. The first kappa shape index (κ1) is 11.1. The number of ether oxygens (including phenoxy) is 1. The van der Waals surface area contributed by atoms with E-state index >= 15 is 0 Å². The molecule has 2 nitrogen and oxygen atoms in total. The molecule has 0 amide bonds. The van der Waals surface area contributed by atoms with Crippen molar-refractivity contribution in [1.82, 2.24) is 5.32 Å². The van der Waals surface area contributed by atoms with E-state index in [0.29, 0.717) is 11.2 Å². The van der Waals surface area contributed by atoms with Gasteiger partial charge in [-0.15, -0.1) is 0 Å².